The highest BCUT2D eigenvalue weighted by Gasteiger charge is 2.25. The SMILES string of the molecule is O=C(c1cccnc1)N1CCC(CNS(=O)(=O)c2ccccc2)CC1. The van der Waals surface area contributed by atoms with E-state index in [-0.39, 0.29) is 16.7 Å². The van der Waals surface area contributed by atoms with Crippen LogP contribution >= 0.6 is 0 Å². The van der Waals surface area contributed by atoms with E-state index in [2.05, 4.69) is 9.71 Å². The van der Waals surface area contributed by atoms with Crippen molar-refractivity contribution in [2.75, 3.05) is 19.6 Å². The van der Waals surface area contributed by atoms with Crippen LogP contribution in [-0.2, 0) is 10.0 Å². The Morgan fingerprint density at radius 3 is 2.48 bits per heavy atom. The topological polar surface area (TPSA) is 79.4 Å². The number of carbonyl (C=O) groups is 1. The molecule has 1 aliphatic rings. The Morgan fingerprint density at radius 2 is 1.84 bits per heavy atom. The van der Waals surface area contributed by atoms with Crippen LogP contribution in [0.4, 0.5) is 0 Å². The number of hydrogen-bond acceptors (Lipinski definition) is 4. The largest absolute Gasteiger partial charge is 0.339 e. The summed E-state index contributed by atoms with van der Waals surface area (Å²) in [6.45, 7) is 1.66. The van der Waals surface area contributed by atoms with Crippen LogP contribution in [0.2, 0.25) is 0 Å². The minimum Gasteiger partial charge on any atom is -0.339 e. The lowest BCUT2D eigenvalue weighted by Crippen LogP contribution is -2.41. The number of pyridine rings is 1. The lowest BCUT2D eigenvalue weighted by Gasteiger charge is -2.32. The van der Waals surface area contributed by atoms with E-state index >= 15 is 0 Å². The number of nitrogens with zero attached hydrogens (tertiary/aromatic N) is 2. The molecule has 2 aromatic rings. The van der Waals surface area contributed by atoms with Crippen molar-refractivity contribution in [3.8, 4) is 0 Å². The summed E-state index contributed by atoms with van der Waals surface area (Å²) in [6, 6.07) is 11.9. The molecule has 0 radical (unpaired) electrons. The van der Waals surface area contributed by atoms with Crippen LogP contribution in [0.3, 0.4) is 0 Å². The third-order valence-corrected chi connectivity index (χ3v) is 5.87. The average Bonchev–Trinajstić information content (AvgIpc) is 2.68. The van der Waals surface area contributed by atoms with Crippen LogP contribution in [0.25, 0.3) is 0 Å². The summed E-state index contributed by atoms with van der Waals surface area (Å²) in [4.78, 5) is 18.4. The van der Waals surface area contributed by atoms with Gasteiger partial charge in [-0.15, -0.1) is 0 Å². The van der Waals surface area contributed by atoms with Crippen LogP contribution < -0.4 is 4.72 Å². The number of piperidine rings is 1. The fourth-order valence-electron chi connectivity index (χ4n) is 2.92. The minimum absolute atomic E-state index is 0.0172. The van der Waals surface area contributed by atoms with Gasteiger partial charge in [-0.05, 0) is 43.0 Å². The number of likely N-dealkylation sites (tertiary alicyclic amines) is 1. The summed E-state index contributed by atoms with van der Waals surface area (Å²) in [5.41, 5.74) is 0.589. The van der Waals surface area contributed by atoms with Gasteiger partial charge in [-0.25, -0.2) is 13.1 Å². The van der Waals surface area contributed by atoms with Crippen LogP contribution in [-0.4, -0.2) is 43.8 Å². The second-order valence-corrected chi connectivity index (χ2v) is 7.91. The maximum atomic E-state index is 12.4. The standard InChI is InChI=1S/C18H21N3O3S/c22-18(16-5-4-10-19-14-16)21-11-8-15(9-12-21)13-20-25(23,24)17-6-2-1-3-7-17/h1-7,10,14-15,20H,8-9,11-13H2. The van der Waals surface area contributed by atoms with E-state index in [9.17, 15) is 13.2 Å². The molecule has 1 aliphatic heterocycles. The normalized spacial score (nSPS) is 15.9. The summed E-state index contributed by atoms with van der Waals surface area (Å²) in [6.07, 6.45) is 4.77. The third kappa shape index (κ3) is 4.43. The molecular weight excluding hydrogens is 338 g/mol. The maximum Gasteiger partial charge on any atom is 0.255 e. The molecule has 7 heteroatoms. The summed E-state index contributed by atoms with van der Waals surface area (Å²) < 4.78 is 27.2. The van der Waals surface area contributed by atoms with E-state index in [0.717, 1.165) is 12.8 Å². The molecule has 3 rings (SSSR count). The second kappa shape index (κ2) is 7.76. The van der Waals surface area contributed by atoms with Gasteiger partial charge in [0, 0.05) is 32.0 Å². The van der Waals surface area contributed by atoms with Gasteiger partial charge in [0.1, 0.15) is 0 Å². The number of rotatable bonds is 5. The van der Waals surface area contributed by atoms with Gasteiger partial charge in [-0.2, -0.15) is 0 Å². The van der Waals surface area contributed by atoms with Gasteiger partial charge in [-0.3, -0.25) is 9.78 Å². The molecule has 132 valence electrons. The van der Waals surface area contributed by atoms with Crippen LogP contribution in [0.5, 0.6) is 0 Å². The number of carbonyl (C=O) groups excluding carboxylic acids is 1. The predicted molar refractivity (Wildman–Crippen MR) is 94.5 cm³/mol. The van der Waals surface area contributed by atoms with Gasteiger partial charge in [0.05, 0.1) is 10.5 Å². The third-order valence-electron chi connectivity index (χ3n) is 4.43. The molecule has 1 N–H and O–H groups in total. The van der Waals surface area contributed by atoms with Gasteiger partial charge < -0.3 is 4.90 Å². The lowest BCUT2D eigenvalue weighted by molar-refractivity contribution is 0.0691. The highest BCUT2D eigenvalue weighted by molar-refractivity contribution is 7.89. The minimum atomic E-state index is -3.47. The van der Waals surface area contributed by atoms with Crippen molar-refractivity contribution in [1.29, 1.82) is 0 Å². The van der Waals surface area contributed by atoms with E-state index in [4.69, 9.17) is 0 Å². The first kappa shape index (κ1) is 17.6. The molecule has 0 unspecified atom stereocenters. The summed E-state index contributed by atoms with van der Waals surface area (Å²) in [5.74, 6) is 0.216. The number of benzene rings is 1. The first-order valence-corrected chi connectivity index (χ1v) is 9.78. The van der Waals surface area contributed by atoms with Crippen LogP contribution in [0.1, 0.15) is 23.2 Å². The lowest BCUT2D eigenvalue weighted by atomic mass is 9.97. The molecule has 1 amide bonds. The van der Waals surface area contributed by atoms with Crippen molar-refractivity contribution in [1.82, 2.24) is 14.6 Å². The summed E-state index contributed by atoms with van der Waals surface area (Å²) in [7, 11) is -3.47. The number of nitrogens with one attached hydrogen (secondary N) is 1. The molecule has 1 aromatic carbocycles. The number of sulfonamides is 1. The van der Waals surface area contributed by atoms with Crippen molar-refractivity contribution in [2.24, 2.45) is 5.92 Å². The van der Waals surface area contributed by atoms with Crippen molar-refractivity contribution in [2.45, 2.75) is 17.7 Å². The van der Waals surface area contributed by atoms with Gasteiger partial charge in [0.15, 0.2) is 0 Å². The van der Waals surface area contributed by atoms with Crippen molar-refractivity contribution >= 4 is 15.9 Å². The Balaban J connectivity index is 1.51. The van der Waals surface area contributed by atoms with Gasteiger partial charge >= 0.3 is 0 Å². The highest BCUT2D eigenvalue weighted by atomic mass is 32.2. The molecule has 2 heterocycles. The zero-order valence-corrected chi connectivity index (χ0v) is 14.7. The Labute approximate surface area is 147 Å². The Kier molecular flexibility index (Phi) is 5.45. The van der Waals surface area contributed by atoms with Crippen LogP contribution in [0, 0.1) is 5.92 Å². The second-order valence-electron chi connectivity index (χ2n) is 6.14. The number of amides is 1. The molecular formula is C18H21N3O3S. The molecule has 1 aromatic heterocycles. The van der Waals surface area contributed by atoms with Crippen LogP contribution in [0.15, 0.2) is 59.8 Å². The molecule has 1 fully saturated rings. The molecule has 1 saturated heterocycles. The monoisotopic (exact) mass is 359 g/mol. The molecule has 0 bridgehead atoms. The quantitative estimate of drug-likeness (QED) is 0.884. The van der Waals surface area contributed by atoms with E-state index in [1.165, 1.54) is 0 Å². The smallest absolute Gasteiger partial charge is 0.255 e. The van der Waals surface area contributed by atoms with Gasteiger partial charge in [0.25, 0.3) is 5.91 Å². The van der Waals surface area contributed by atoms with E-state index in [0.29, 0.717) is 25.2 Å². The highest BCUT2D eigenvalue weighted by Crippen LogP contribution is 2.19. The van der Waals surface area contributed by atoms with E-state index in [1.54, 1.807) is 59.8 Å². The maximum absolute atomic E-state index is 12.4. The Bertz CT molecular complexity index is 802. The first-order valence-electron chi connectivity index (χ1n) is 8.30. The van der Waals surface area contributed by atoms with E-state index < -0.39 is 10.0 Å². The number of hydrogen-bond donors (Lipinski definition) is 1. The first-order chi connectivity index (χ1) is 12.1. The Hall–Kier alpha value is -2.25. The summed E-state index contributed by atoms with van der Waals surface area (Å²) >= 11 is 0. The van der Waals surface area contributed by atoms with Crippen molar-refractivity contribution in [3.05, 3.63) is 60.4 Å². The molecule has 0 spiro atoms. The summed E-state index contributed by atoms with van der Waals surface area (Å²) in [5, 5.41) is 0. The fraction of sp³-hybridized carbons (Fsp3) is 0.333. The zero-order valence-electron chi connectivity index (χ0n) is 13.8. The fourth-order valence-corrected chi connectivity index (χ4v) is 4.06. The van der Waals surface area contributed by atoms with Gasteiger partial charge in [-0.1, -0.05) is 18.2 Å². The molecule has 0 saturated carbocycles. The van der Waals surface area contributed by atoms with Crippen molar-refractivity contribution < 1.29 is 13.2 Å². The zero-order chi connectivity index (χ0) is 17.7. The molecule has 0 atom stereocenters. The number of aromatic nitrogens is 1. The average molecular weight is 359 g/mol. The molecule has 6 nitrogen and oxygen atoms in total. The molecule has 25 heavy (non-hydrogen) atoms. The Morgan fingerprint density at radius 1 is 1.12 bits per heavy atom. The van der Waals surface area contributed by atoms with E-state index in [1.807, 2.05) is 0 Å². The predicted octanol–water partition coefficient (Wildman–Crippen LogP) is 1.91. The van der Waals surface area contributed by atoms with Crippen molar-refractivity contribution in [3.63, 3.8) is 0 Å². The van der Waals surface area contributed by atoms with Gasteiger partial charge in [0.2, 0.25) is 10.0 Å². The molecule has 0 aliphatic carbocycles.